The number of nitrogens with zero attached hydrogens (tertiary/aromatic N) is 1. The van der Waals surface area contributed by atoms with Gasteiger partial charge in [-0.25, -0.2) is 4.98 Å². The summed E-state index contributed by atoms with van der Waals surface area (Å²) in [4.78, 5) is 27.7. The van der Waals surface area contributed by atoms with Gasteiger partial charge >= 0.3 is 5.97 Å². The average molecular weight is 302 g/mol. The van der Waals surface area contributed by atoms with E-state index in [1.165, 1.54) is 0 Å². The molecule has 0 saturated heterocycles. The van der Waals surface area contributed by atoms with Gasteiger partial charge in [0, 0.05) is 18.5 Å². The van der Waals surface area contributed by atoms with E-state index in [1.54, 1.807) is 18.2 Å². The molecule has 1 aliphatic rings. The molecule has 116 valence electrons. The number of oxazole rings is 1. The van der Waals surface area contributed by atoms with Crippen molar-refractivity contribution >= 4 is 28.7 Å². The quantitative estimate of drug-likeness (QED) is 0.885. The molecule has 1 amide bonds. The molecule has 2 N–H and O–H groups in total. The highest BCUT2D eigenvalue weighted by Crippen LogP contribution is 2.44. The zero-order valence-corrected chi connectivity index (χ0v) is 12.4. The van der Waals surface area contributed by atoms with Gasteiger partial charge in [-0.3, -0.25) is 9.59 Å². The van der Waals surface area contributed by atoms with Gasteiger partial charge in [0.05, 0.1) is 5.41 Å². The second kappa shape index (κ2) is 5.44. The Hall–Kier alpha value is -2.37. The zero-order chi connectivity index (χ0) is 15.7. The van der Waals surface area contributed by atoms with Crippen LogP contribution in [0.5, 0.6) is 0 Å². The van der Waals surface area contributed by atoms with Crippen LogP contribution in [-0.4, -0.2) is 22.0 Å². The second-order valence-corrected chi connectivity index (χ2v) is 5.81. The van der Waals surface area contributed by atoms with Crippen LogP contribution in [0, 0.1) is 5.41 Å². The number of aromatic nitrogens is 1. The molecular weight excluding hydrogens is 284 g/mol. The first-order chi connectivity index (χ1) is 10.5. The van der Waals surface area contributed by atoms with Crippen LogP contribution in [-0.2, 0) is 16.0 Å². The first-order valence-electron chi connectivity index (χ1n) is 7.45. The van der Waals surface area contributed by atoms with Crippen LogP contribution in [0.3, 0.4) is 0 Å². The normalized spacial score (nSPS) is 16.2. The number of hydrogen-bond donors (Lipinski definition) is 2. The second-order valence-electron chi connectivity index (χ2n) is 5.81. The minimum absolute atomic E-state index is 0.0133. The predicted octanol–water partition coefficient (Wildman–Crippen LogP) is 2.97. The number of carbonyl (C=O) groups excluding carboxylic acids is 1. The molecule has 22 heavy (non-hydrogen) atoms. The van der Waals surface area contributed by atoms with E-state index in [0.717, 1.165) is 6.42 Å². The third-order valence-corrected chi connectivity index (χ3v) is 4.28. The van der Waals surface area contributed by atoms with E-state index in [1.807, 2.05) is 6.92 Å². The van der Waals surface area contributed by atoms with Gasteiger partial charge in [0.15, 0.2) is 11.5 Å². The summed E-state index contributed by atoms with van der Waals surface area (Å²) in [6.07, 6.45) is 2.72. The van der Waals surface area contributed by atoms with Crippen molar-refractivity contribution in [3.8, 4) is 0 Å². The van der Waals surface area contributed by atoms with Gasteiger partial charge in [-0.2, -0.15) is 0 Å². The van der Waals surface area contributed by atoms with Crippen LogP contribution in [0.1, 0.15) is 38.5 Å². The van der Waals surface area contributed by atoms with E-state index < -0.39 is 11.4 Å². The van der Waals surface area contributed by atoms with Gasteiger partial charge in [0.25, 0.3) is 0 Å². The lowest BCUT2D eigenvalue weighted by Crippen LogP contribution is -2.41. The monoisotopic (exact) mass is 302 g/mol. The van der Waals surface area contributed by atoms with Crippen LogP contribution < -0.4 is 5.32 Å². The lowest BCUT2D eigenvalue weighted by molar-refractivity contribution is -0.157. The molecule has 2 aromatic rings. The molecule has 0 spiro atoms. The smallest absolute Gasteiger partial charge is 0.310 e. The topological polar surface area (TPSA) is 92.4 Å². The van der Waals surface area contributed by atoms with Crippen LogP contribution in [0.25, 0.3) is 11.1 Å². The Kier molecular flexibility index (Phi) is 3.60. The highest BCUT2D eigenvalue weighted by molar-refractivity contribution is 5.95. The van der Waals surface area contributed by atoms with Gasteiger partial charge in [-0.1, -0.05) is 13.3 Å². The van der Waals surface area contributed by atoms with Gasteiger partial charge in [0.1, 0.15) is 5.52 Å². The first-order valence-corrected chi connectivity index (χ1v) is 7.45. The van der Waals surface area contributed by atoms with Crippen molar-refractivity contribution in [2.75, 3.05) is 5.32 Å². The zero-order valence-electron chi connectivity index (χ0n) is 12.4. The lowest BCUT2D eigenvalue weighted by atomic mass is 9.66. The summed E-state index contributed by atoms with van der Waals surface area (Å²) in [5.41, 5.74) is 1.09. The summed E-state index contributed by atoms with van der Waals surface area (Å²) >= 11 is 0. The summed E-state index contributed by atoms with van der Waals surface area (Å²) in [6.45, 7) is 1.96. The molecule has 0 aliphatic heterocycles. The molecule has 1 fully saturated rings. The number of amides is 1. The van der Waals surface area contributed by atoms with Crippen LogP contribution >= 0.6 is 0 Å². The molecule has 0 atom stereocenters. The molecule has 6 heteroatoms. The van der Waals surface area contributed by atoms with Crippen molar-refractivity contribution in [3.63, 3.8) is 0 Å². The third-order valence-electron chi connectivity index (χ3n) is 4.28. The number of carbonyl (C=O) groups is 2. The largest absolute Gasteiger partial charge is 0.481 e. The predicted molar refractivity (Wildman–Crippen MR) is 80.6 cm³/mol. The SMILES string of the molecule is CCc1nc2cc(NC(=O)CC3(C(=O)O)CCC3)ccc2o1. The highest BCUT2D eigenvalue weighted by Gasteiger charge is 2.45. The Bertz CT molecular complexity index is 731. The number of aliphatic carboxylic acids is 1. The fourth-order valence-corrected chi connectivity index (χ4v) is 2.79. The Balaban J connectivity index is 1.72. The molecule has 0 unspecified atom stereocenters. The Morgan fingerprint density at radius 3 is 2.77 bits per heavy atom. The fourth-order valence-electron chi connectivity index (χ4n) is 2.79. The molecule has 1 saturated carbocycles. The summed E-state index contributed by atoms with van der Waals surface area (Å²) in [5, 5.41) is 12.0. The number of benzene rings is 1. The van der Waals surface area contributed by atoms with E-state index in [-0.39, 0.29) is 12.3 Å². The maximum absolute atomic E-state index is 12.1. The van der Waals surface area contributed by atoms with Crippen molar-refractivity contribution in [2.24, 2.45) is 5.41 Å². The number of anilines is 1. The summed E-state index contributed by atoms with van der Waals surface area (Å²) in [5.74, 6) is -0.508. The number of carboxylic acids is 1. The van der Waals surface area contributed by atoms with Crippen LogP contribution in [0.4, 0.5) is 5.69 Å². The maximum Gasteiger partial charge on any atom is 0.310 e. The molecule has 6 nitrogen and oxygen atoms in total. The molecule has 3 rings (SSSR count). The van der Waals surface area contributed by atoms with E-state index in [9.17, 15) is 14.7 Å². The van der Waals surface area contributed by atoms with Crippen LogP contribution in [0.15, 0.2) is 22.6 Å². The van der Waals surface area contributed by atoms with Crippen LogP contribution in [0.2, 0.25) is 0 Å². The molecular formula is C16H18N2O4. The molecule has 0 bridgehead atoms. The number of aryl methyl sites for hydroxylation is 1. The van der Waals surface area contributed by atoms with E-state index in [4.69, 9.17) is 4.42 Å². The average Bonchev–Trinajstić information content (AvgIpc) is 2.84. The fraction of sp³-hybridized carbons (Fsp3) is 0.438. The molecule has 1 aliphatic carbocycles. The Labute approximate surface area is 127 Å². The van der Waals surface area contributed by atoms with Gasteiger partial charge in [-0.15, -0.1) is 0 Å². The number of fused-ring (bicyclic) bond motifs is 1. The van der Waals surface area contributed by atoms with Gasteiger partial charge in [0.2, 0.25) is 5.91 Å². The standard InChI is InChI=1S/C16H18N2O4/c1-2-14-18-11-8-10(4-5-12(11)22-14)17-13(19)9-16(15(20)21)6-3-7-16/h4-5,8H,2-3,6-7,9H2,1H3,(H,17,19)(H,20,21). The van der Waals surface area contributed by atoms with Crippen molar-refractivity contribution < 1.29 is 19.1 Å². The molecule has 0 radical (unpaired) electrons. The van der Waals surface area contributed by atoms with Gasteiger partial charge < -0.3 is 14.8 Å². The number of carboxylic acid groups (broad SMARTS) is 1. The Morgan fingerprint density at radius 1 is 1.41 bits per heavy atom. The molecule has 1 aromatic heterocycles. The maximum atomic E-state index is 12.1. The minimum Gasteiger partial charge on any atom is -0.481 e. The summed E-state index contributed by atoms with van der Waals surface area (Å²) < 4.78 is 5.51. The van der Waals surface area contributed by atoms with Crippen molar-refractivity contribution in [1.29, 1.82) is 0 Å². The minimum atomic E-state index is -0.881. The first kappa shape index (κ1) is 14.6. The van der Waals surface area contributed by atoms with Crippen molar-refractivity contribution in [2.45, 2.75) is 39.0 Å². The van der Waals surface area contributed by atoms with E-state index in [2.05, 4.69) is 10.3 Å². The third kappa shape index (κ3) is 2.56. The van der Waals surface area contributed by atoms with Gasteiger partial charge in [-0.05, 0) is 31.0 Å². The molecule has 1 aromatic carbocycles. The summed E-state index contributed by atoms with van der Waals surface area (Å²) in [6, 6.07) is 5.23. The van der Waals surface area contributed by atoms with Crippen molar-refractivity contribution in [1.82, 2.24) is 4.98 Å². The number of nitrogens with one attached hydrogen (secondary N) is 1. The van der Waals surface area contributed by atoms with E-state index in [0.29, 0.717) is 41.9 Å². The lowest BCUT2D eigenvalue weighted by Gasteiger charge is -2.36. The summed E-state index contributed by atoms with van der Waals surface area (Å²) in [7, 11) is 0. The number of hydrogen-bond acceptors (Lipinski definition) is 4. The number of rotatable bonds is 5. The van der Waals surface area contributed by atoms with Crippen molar-refractivity contribution in [3.05, 3.63) is 24.1 Å². The molecule has 1 heterocycles. The Morgan fingerprint density at radius 2 is 2.18 bits per heavy atom. The van der Waals surface area contributed by atoms with E-state index >= 15 is 0 Å². The highest BCUT2D eigenvalue weighted by atomic mass is 16.4.